The molecule has 4 heterocycles. The molecule has 11 nitrogen and oxygen atoms in total. The summed E-state index contributed by atoms with van der Waals surface area (Å²) < 4.78 is 7.24. The van der Waals surface area contributed by atoms with E-state index in [1.807, 2.05) is 18.3 Å². The Kier molecular flexibility index (Phi) is 6.10. The number of pyridine rings is 1. The van der Waals surface area contributed by atoms with Crippen LogP contribution in [-0.2, 0) is 16.8 Å². The van der Waals surface area contributed by atoms with E-state index in [2.05, 4.69) is 50.8 Å². The maximum Gasteiger partial charge on any atom is 0.278 e. The summed E-state index contributed by atoms with van der Waals surface area (Å²) in [5.41, 5.74) is 7.97. The first kappa shape index (κ1) is 23.0. The number of aromatic nitrogens is 7. The van der Waals surface area contributed by atoms with Gasteiger partial charge in [-0.2, -0.15) is 4.98 Å². The number of carbonyl (C=O) groups is 1. The Labute approximate surface area is 197 Å². The minimum Gasteiger partial charge on any atom is -0.368 e. The lowest BCUT2D eigenvalue weighted by molar-refractivity contribution is -0.129. The maximum absolute atomic E-state index is 12.0. The number of carbonyl (C=O) groups excluding carboxylic acids is 1. The number of nitrogen functional groups attached to an aromatic ring is 1. The number of likely N-dealkylation sites (N-methyl/N-ethyl adjacent to an activating group) is 1. The van der Waals surface area contributed by atoms with E-state index in [0.29, 0.717) is 17.4 Å². The van der Waals surface area contributed by atoms with Crippen molar-refractivity contribution in [2.75, 3.05) is 19.8 Å². The van der Waals surface area contributed by atoms with E-state index in [9.17, 15) is 4.79 Å². The highest BCUT2D eigenvalue weighted by Crippen LogP contribution is 2.38. The van der Waals surface area contributed by atoms with Gasteiger partial charge in [0.05, 0.1) is 17.4 Å². The van der Waals surface area contributed by atoms with Gasteiger partial charge in [-0.3, -0.25) is 9.78 Å². The number of nitrogens with zero attached hydrogens (tertiary/aromatic N) is 8. The van der Waals surface area contributed by atoms with E-state index in [4.69, 9.17) is 10.3 Å². The predicted molar refractivity (Wildman–Crippen MR) is 125 cm³/mol. The molecule has 4 aromatic rings. The first-order valence-electron chi connectivity index (χ1n) is 10.8. The summed E-state index contributed by atoms with van der Waals surface area (Å²) in [4.78, 5) is 35.1. The van der Waals surface area contributed by atoms with Gasteiger partial charge in [-0.1, -0.05) is 25.1 Å². The van der Waals surface area contributed by atoms with Crippen LogP contribution in [0.4, 0.5) is 5.95 Å². The van der Waals surface area contributed by atoms with Crippen molar-refractivity contribution in [3.63, 3.8) is 0 Å². The average molecular weight is 462 g/mol. The van der Waals surface area contributed by atoms with E-state index in [1.54, 1.807) is 43.6 Å². The van der Waals surface area contributed by atoms with Crippen LogP contribution in [-0.4, -0.2) is 59.5 Å². The summed E-state index contributed by atoms with van der Waals surface area (Å²) in [5, 5.41) is 4.28. The lowest BCUT2D eigenvalue weighted by Crippen LogP contribution is -2.31. The molecule has 0 aliphatic heterocycles. The zero-order chi connectivity index (χ0) is 24.5. The quantitative estimate of drug-likeness (QED) is 0.439. The lowest BCUT2D eigenvalue weighted by atomic mass is 9.73. The Balaban J connectivity index is 1.61. The van der Waals surface area contributed by atoms with E-state index in [0.717, 1.165) is 16.8 Å². The largest absolute Gasteiger partial charge is 0.368 e. The van der Waals surface area contributed by atoms with Crippen LogP contribution < -0.4 is 5.73 Å². The third-order valence-electron chi connectivity index (χ3n) is 6.04. The number of anilines is 1. The van der Waals surface area contributed by atoms with E-state index in [1.165, 1.54) is 4.90 Å². The van der Waals surface area contributed by atoms with Gasteiger partial charge in [0.15, 0.2) is 5.82 Å². The molecule has 1 atom stereocenters. The molecule has 1 amide bonds. The first-order valence-corrected chi connectivity index (χ1v) is 10.8. The van der Waals surface area contributed by atoms with Crippen LogP contribution in [0.25, 0.3) is 22.8 Å². The molecule has 176 valence electrons. The van der Waals surface area contributed by atoms with Gasteiger partial charge in [0.2, 0.25) is 11.9 Å². The first-order chi connectivity index (χ1) is 16.2. The minimum atomic E-state index is -0.561. The minimum absolute atomic E-state index is 0.0379. The zero-order valence-electron chi connectivity index (χ0n) is 19.8. The summed E-state index contributed by atoms with van der Waals surface area (Å²) in [6.07, 6.45) is 8.39. The Hall–Kier alpha value is -4.15. The van der Waals surface area contributed by atoms with Crippen LogP contribution >= 0.6 is 0 Å². The lowest BCUT2D eigenvalue weighted by Gasteiger charge is -2.30. The molecule has 0 fully saturated rings. The van der Waals surface area contributed by atoms with Crippen molar-refractivity contribution < 1.29 is 9.32 Å². The van der Waals surface area contributed by atoms with Crippen molar-refractivity contribution in [3.8, 4) is 22.8 Å². The number of nitrogens with two attached hydrogens (primary N) is 1. The molecule has 0 bridgehead atoms. The molecule has 0 saturated heterocycles. The van der Waals surface area contributed by atoms with E-state index >= 15 is 0 Å². The SMILES string of the molecule is CC(C)C(C)(c1ccc(-c2cnc(N)nc2)nc1)c1noc(-c2cn(CC(=O)N(C)C)cn2)n1. The van der Waals surface area contributed by atoms with Crippen LogP contribution in [0.1, 0.15) is 32.2 Å². The molecular weight excluding hydrogens is 434 g/mol. The van der Waals surface area contributed by atoms with Gasteiger partial charge < -0.3 is 19.7 Å². The fourth-order valence-electron chi connectivity index (χ4n) is 3.46. The summed E-state index contributed by atoms with van der Waals surface area (Å²) in [7, 11) is 3.42. The van der Waals surface area contributed by atoms with Crippen molar-refractivity contribution in [1.29, 1.82) is 0 Å². The number of amides is 1. The second-order valence-corrected chi connectivity index (χ2v) is 8.76. The number of hydrogen-bond donors (Lipinski definition) is 1. The van der Waals surface area contributed by atoms with Crippen molar-refractivity contribution in [3.05, 3.63) is 54.6 Å². The van der Waals surface area contributed by atoms with Crippen LogP contribution in [0.2, 0.25) is 0 Å². The van der Waals surface area contributed by atoms with Crippen LogP contribution in [0, 0.1) is 5.92 Å². The Bertz CT molecular complexity index is 1280. The highest BCUT2D eigenvalue weighted by molar-refractivity contribution is 5.75. The fourth-order valence-corrected chi connectivity index (χ4v) is 3.46. The second kappa shape index (κ2) is 9.00. The van der Waals surface area contributed by atoms with E-state index in [-0.39, 0.29) is 24.3 Å². The monoisotopic (exact) mass is 461 g/mol. The summed E-state index contributed by atoms with van der Waals surface area (Å²) >= 11 is 0. The number of imidazole rings is 1. The van der Waals surface area contributed by atoms with Gasteiger partial charge >= 0.3 is 0 Å². The molecule has 34 heavy (non-hydrogen) atoms. The van der Waals surface area contributed by atoms with Crippen LogP contribution in [0.5, 0.6) is 0 Å². The third-order valence-corrected chi connectivity index (χ3v) is 6.04. The van der Waals surface area contributed by atoms with Crippen LogP contribution in [0.15, 0.2) is 47.8 Å². The molecule has 0 radical (unpaired) electrons. The molecule has 0 spiro atoms. The normalized spacial score (nSPS) is 13.1. The Morgan fingerprint density at radius 2 is 1.85 bits per heavy atom. The summed E-state index contributed by atoms with van der Waals surface area (Å²) in [6, 6.07) is 3.91. The fraction of sp³-hybridized carbons (Fsp3) is 0.348. The van der Waals surface area contributed by atoms with Gasteiger partial charge in [0.25, 0.3) is 5.89 Å². The predicted octanol–water partition coefficient (Wildman–Crippen LogP) is 2.42. The van der Waals surface area contributed by atoms with Gasteiger partial charge in [-0.15, -0.1) is 0 Å². The molecule has 0 aliphatic carbocycles. The molecule has 0 saturated carbocycles. The number of hydrogen-bond acceptors (Lipinski definition) is 9. The highest BCUT2D eigenvalue weighted by atomic mass is 16.5. The molecule has 1 unspecified atom stereocenters. The Morgan fingerprint density at radius 1 is 1.12 bits per heavy atom. The standard InChI is InChI=1S/C23H27N9O2/c1-14(2)23(3,16-6-7-17(25-10-16)15-8-26-22(24)27-9-15)21-29-20(34-30-21)18-11-32(13-28-18)12-19(33)31(4)5/h6-11,13-14H,12H2,1-5H3,(H2,24,26,27). The zero-order valence-corrected chi connectivity index (χ0v) is 19.8. The molecule has 2 N–H and O–H groups in total. The maximum atomic E-state index is 12.0. The number of rotatable bonds is 7. The average Bonchev–Trinajstić information content (AvgIpc) is 3.49. The van der Waals surface area contributed by atoms with E-state index < -0.39 is 5.41 Å². The highest BCUT2D eigenvalue weighted by Gasteiger charge is 2.38. The van der Waals surface area contributed by atoms with Crippen LogP contribution in [0.3, 0.4) is 0 Å². The van der Waals surface area contributed by atoms with Gasteiger partial charge in [-0.05, 0) is 24.5 Å². The van der Waals surface area contributed by atoms with Crippen molar-refractivity contribution >= 4 is 11.9 Å². The topological polar surface area (TPSA) is 142 Å². The van der Waals surface area contributed by atoms with Gasteiger partial charge in [-0.25, -0.2) is 15.0 Å². The summed E-state index contributed by atoms with van der Waals surface area (Å²) in [6.45, 7) is 6.43. The van der Waals surface area contributed by atoms with Crippen molar-refractivity contribution in [1.82, 2.24) is 39.5 Å². The molecule has 11 heteroatoms. The second-order valence-electron chi connectivity index (χ2n) is 8.76. The molecule has 0 aromatic carbocycles. The smallest absolute Gasteiger partial charge is 0.278 e. The van der Waals surface area contributed by atoms with Gasteiger partial charge in [0, 0.05) is 44.4 Å². The third kappa shape index (κ3) is 4.36. The Morgan fingerprint density at radius 3 is 2.47 bits per heavy atom. The molecule has 0 aliphatic rings. The van der Waals surface area contributed by atoms with Crippen molar-refractivity contribution in [2.45, 2.75) is 32.7 Å². The molecule has 4 aromatic heterocycles. The summed E-state index contributed by atoms with van der Waals surface area (Å²) in [5.74, 6) is 1.14. The van der Waals surface area contributed by atoms with Crippen molar-refractivity contribution in [2.24, 2.45) is 5.92 Å². The van der Waals surface area contributed by atoms with Gasteiger partial charge in [0.1, 0.15) is 12.2 Å². The molecule has 4 rings (SSSR count). The molecular formula is C23H27N9O2.